The molecule has 2 amide bonds. The molecule has 4 aliphatic rings. The van der Waals surface area contributed by atoms with Crippen LogP contribution in [-0.4, -0.2) is 29.7 Å². The molecule has 0 aromatic rings. The van der Waals surface area contributed by atoms with E-state index in [1.807, 2.05) is 13.8 Å². The predicted octanol–water partition coefficient (Wildman–Crippen LogP) is 3.63. The van der Waals surface area contributed by atoms with Crippen LogP contribution in [0.4, 0.5) is 0 Å². The molecule has 0 bridgehead atoms. The number of amides is 2. The zero-order chi connectivity index (χ0) is 21.8. The van der Waals surface area contributed by atoms with Gasteiger partial charge in [0.2, 0.25) is 11.8 Å². The molecule has 5 heteroatoms. The Balaban J connectivity index is 1.54. The number of carbonyl (C=O) groups excluding carboxylic acids is 3. The molecule has 8 atom stereocenters. The largest absolute Gasteiger partial charge is 0.349 e. The molecule has 3 fully saturated rings. The first-order valence-corrected chi connectivity index (χ1v) is 11.9. The Hall–Kier alpha value is -1.65. The molecule has 0 radical (unpaired) electrons. The van der Waals surface area contributed by atoms with Crippen molar-refractivity contribution in [2.75, 3.05) is 0 Å². The van der Waals surface area contributed by atoms with E-state index in [2.05, 4.69) is 30.6 Å². The Morgan fingerprint density at radius 3 is 2.50 bits per heavy atom. The summed E-state index contributed by atoms with van der Waals surface area (Å²) >= 11 is 0. The minimum Gasteiger partial charge on any atom is -0.349 e. The average Bonchev–Trinajstić information content (AvgIpc) is 3.03. The molecule has 5 nitrogen and oxygen atoms in total. The van der Waals surface area contributed by atoms with Crippen molar-refractivity contribution in [1.82, 2.24) is 10.6 Å². The van der Waals surface area contributed by atoms with E-state index in [0.29, 0.717) is 17.8 Å². The number of fused-ring (bicyclic) bond motifs is 5. The molecule has 1 aliphatic heterocycles. The highest BCUT2D eigenvalue weighted by Crippen LogP contribution is 2.65. The third-order valence-corrected chi connectivity index (χ3v) is 9.40. The lowest BCUT2D eigenvalue weighted by Gasteiger charge is -2.58. The number of carbonyl (C=O) groups is 3. The van der Waals surface area contributed by atoms with Crippen LogP contribution in [0.1, 0.15) is 73.1 Å². The van der Waals surface area contributed by atoms with E-state index in [1.165, 1.54) is 0 Å². The lowest BCUT2D eigenvalue weighted by molar-refractivity contribution is -0.137. The summed E-state index contributed by atoms with van der Waals surface area (Å²) in [7, 11) is 0. The topological polar surface area (TPSA) is 75.3 Å². The van der Waals surface area contributed by atoms with Crippen molar-refractivity contribution in [2.24, 2.45) is 40.4 Å². The molecular formula is C25H38N2O3. The molecule has 0 aromatic carbocycles. The van der Waals surface area contributed by atoms with Crippen LogP contribution in [0, 0.1) is 40.4 Å². The van der Waals surface area contributed by atoms with Gasteiger partial charge in [0.15, 0.2) is 5.78 Å². The Labute approximate surface area is 180 Å². The number of ketones is 1. The molecule has 4 rings (SSSR count). The van der Waals surface area contributed by atoms with Crippen molar-refractivity contribution in [1.29, 1.82) is 0 Å². The first-order valence-electron chi connectivity index (χ1n) is 11.9. The summed E-state index contributed by atoms with van der Waals surface area (Å²) < 4.78 is 0. The maximum absolute atomic E-state index is 13.3. The highest BCUT2D eigenvalue weighted by molar-refractivity contribution is 5.89. The van der Waals surface area contributed by atoms with Gasteiger partial charge >= 0.3 is 0 Å². The second kappa shape index (κ2) is 7.49. The lowest BCUT2D eigenvalue weighted by Crippen LogP contribution is -2.59. The fourth-order valence-corrected chi connectivity index (χ4v) is 7.76. The van der Waals surface area contributed by atoms with Crippen LogP contribution in [0.5, 0.6) is 0 Å². The second-order valence-corrected chi connectivity index (χ2v) is 11.2. The van der Waals surface area contributed by atoms with Crippen molar-refractivity contribution >= 4 is 17.6 Å². The Morgan fingerprint density at radius 1 is 1.10 bits per heavy atom. The fraction of sp³-hybridized carbons (Fsp3) is 0.800. The smallest absolute Gasteiger partial charge is 0.243 e. The summed E-state index contributed by atoms with van der Waals surface area (Å²) in [6.45, 7) is 10.2. The first-order chi connectivity index (χ1) is 14.1. The van der Waals surface area contributed by atoms with Gasteiger partial charge in [-0.15, -0.1) is 0 Å². The number of Topliss-reactive ketones (excluding diaryl/α,β-unsaturated/α-hetero) is 1. The number of nitrogens with one attached hydrogen (secondary N) is 2. The van der Waals surface area contributed by atoms with E-state index in [9.17, 15) is 14.4 Å². The molecule has 30 heavy (non-hydrogen) atoms. The van der Waals surface area contributed by atoms with Gasteiger partial charge in [-0.1, -0.05) is 33.8 Å². The number of hydrogen-bond acceptors (Lipinski definition) is 3. The molecular weight excluding hydrogens is 376 g/mol. The minimum absolute atomic E-state index is 0.00354. The van der Waals surface area contributed by atoms with Crippen LogP contribution in [0.2, 0.25) is 0 Å². The van der Waals surface area contributed by atoms with Gasteiger partial charge in [-0.25, -0.2) is 0 Å². The lowest BCUT2D eigenvalue weighted by atomic mass is 9.48. The van der Waals surface area contributed by atoms with Gasteiger partial charge in [-0.05, 0) is 80.6 Å². The van der Waals surface area contributed by atoms with E-state index in [1.54, 1.807) is 13.0 Å². The summed E-state index contributed by atoms with van der Waals surface area (Å²) in [5, 5.41) is 6.31. The maximum atomic E-state index is 13.3. The van der Waals surface area contributed by atoms with Gasteiger partial charge in [0.1, 0.15) is 0 Å². The monoisotopic (exact) mass is 414 g/mol. The summed E-state index contributed by atoms with van der Waals surface area (Å²) in [4.78, 5) is 37.2. The van der Waals surface area contributed by atoms with E-state index >= 15 is 0 Å². The second-order valence-electron chi connectivity index (χ2n) is 11.2. The number of rotatable bonds is 4. The predicted molar refractivity (Wildman–Crippen MR) is 116 cm³/mol. The van der Waals surface area contributed by atoms with Crippen LogP contribution in [0.25, 0.3) is 0 Å². The van der Waals surface area contributed by atoms with Crippen LogP contribution >= 0.6 is 0 Å². The van der Waals surface area contributed by atoms with Crippen molar-refractivity contribution in [3.05, 3.63) is 12.2 Å². The third kappa shape index (κ3) is 3.23. The minimum atomic E-state index is -0.387. The molecule has 2 N–H and O–H groups in total. The first kappa shape index (κ1) is 21.6. The van der Waals surface area contributed by atoms with Crippen LogP contribution < -0.4 is 10.6 Å². The van der Waals surface area contributed by atoms with Crippen LogP contribution in [0.15, 0.2) is 12.2 Å². The van der Waals surface area contributed by atoms with Crippen molar-refractivity contribution in [2.45, 2.75) is 85.2 Å². The Kier molecular flexibility index (Phi) is 5.39. The van der Waals surface area contributed by atoms with Gasteiger partial charge in [0, 0.05) is 17.4 Å². The van der Waals surface area contributed by atoms with Crippen molar-refractivity contribution in [3.63, 3.8) is 0 Å². The number of hydrogen-bond donors (Lipinski definition) is 2. The van der Waals surface area contributed by atoms with Gasteiger partial charge in [0.05, 0.1) is 6.04 Å². The molecule has 166 valence electrons. The Morgan fingerprint density at radius 2 is 1.83 bits per heavy atom. The van der Waals surface area contributed by atoms with Crippen LogP contribution in [0.3, 0.4) is 0 Å². The zero-order valence-electron chi connectivity index (χ0n) is 19.2. The van der Waals surface area contributed by atoms with Gasteiger partial charge in [-0.2, -0.15) is 0 Å². The van der Waals surface area contributed by atoms with E-state index in [-0.39, 0.29) is 52.3 Å². The third-order valence-electron chi connectivity index (χ3n) is 9.40. The summed E-state index contributed by atoms with van der Waals surface area (Å²) in [6, 6.07) is -0.148. The molecule has 1 heterocycles. The van der Waals surface area contributed by atoms with E-state index in [4.69, 9.17) is 0 Å². The molecule has 3 aliphatic carbocycles. The summed E-state index contributed by atoms with van der Waals surface area (Å²) in [6.07, 6.45) is 10.2. The van der Waals surface area contributed by atoms with E-state index < -0.39 is 0 Å². The van der Waals surface area contributed by atoms with Crippen LogP contribution in [-0.2, 0) is 14.4 Å². The SMILES string of the molecule is CC(=O)C(NC(=O)C1CC[C@H]2[C@@H]3CCC4NC(=O)C=C[C@]4(C)[C@@H]3CC[C@]12C)C(C)C. The molecule has 0 spiro atoms. The summed E-state index contributed by atoms with van der Waals surface area (Å²) in [5.74, 6) is 1.98. The maximum Gasteiger partial charge on any atom is 0.243 e. The standard InChI is InChI=1S/C25H38N2O3/c1-14(2)22(15(3)28)27-23(30)19-8-7-17-16-6-9-20-25(5,13-11-21(29)26-20)18(16)10-12-24(17,19)4/h11,13-14,16-20,22H,6-10,12H2,1-5H3,(H,26,29)(H,27,30)/t16-,17-,18+,19?,20?,22?,24-,25+/m0/s1. The molecule has 0 aromatic heterocycles. The quantitative estimate of drug-likeness (QED) is 0.738. The van der Waals surface area contributed by atoms with Gasteiger partial charge in [-0.3, -0.25) is 14.4 Å². The zero-order valence-corrected chi connectivity index (χ0v) is 19.2. The molecule has 3 saturated carbocycles. The molecule has 3 unspecified atom stereocenters. The van der Waals surface area contributed by atoms with Gasteiger partial charge < -0.3 is 10.6 Å². The average molecular weight is 415 g/mol. The van der Waals surface area contributed by atoms with Crippen molar-refractivity contribution < 1.29 is 14.4 Å². The molecule has 0 saturated heterocycles. The highest BCUT2D eigenvalue weighted by atomic mass is 16.2. The summed E-state index contributed by atoms with van der Waals surface area (Å²) in [5.41, 5.74) is 0.0320. The van der Waals surface area contributed by atoms with E-state index in [0.717, 1.165) is 38.5 Å². The van der Waals surface area contributed by atoms with Crippen molar-refractivity contribution in [3.8, 4) is 0 Å². The van der Waals surface area contributed by atoms with Gasteiger partial charge in [0.25, 0.3) is 0 Å². The normalized spacial score (nSPS) is 43.3. The highest BCUT2D eigenvalue weighted by Gasteiger charge is 2.61. The Bertz CT molecular complexity index is 774. The fourth-order valence-electron chi connectivity index (χ4n) is 7.76.